The number of aromatic nitrogens is 1. The Labute approximate surface area is 154 Å². The Morgan fingerprint density at radius 1 is 1.44 bits per heavy atom. The lowest BCUT2D eigenvalue weighted by molar-refractivity contribution is -0.136. The molecule has 25 heavy (non-hydrogen) atoms. The van der Waals surface area contributed by atoms with Crippen LogP contribution >= 0.6 is 11.3 Å². The van der Waals surface area contributed by atoms with Crippen molar-refractivity contribution in [2.75, 3.05) is 26.7 Å². The fourth-order valence-corrected chi connectivity index (χ4v) is 5.31. The average Bonchev–Trinajstić information content (AvgIpc) is 3.08. The minimum atomic E-state index is 0.162. The van der Waals surface area contributed by atoms with Crippen molar-refractivity contribution in [3.63, 3.8) is 0 Å². The minimum absolute atomic E-state index is 0.162. The molecule has 3 aliphatic rings. The number of carbonyl (C=O) groups is 1. The van der Waals surface area contributed by atoms with Gasteiger partial charge in [-0.1, -0.05) is 0 Å². The van der Waals surface area contributed by atoms with Gasteiger partial charge in [0, 0.05) is 37.3 Å². The molecule has 3 fully saturated rings. The van der Waals surface area contributed by atoms with Gasteiger partial charge < -0.3 is 9.64 Å². The Morgan fingerprint density at radius 2 is 2.28 bits per heavy atom. The highest BCUT2D eigenvalue weighted by Crippen LogP contribution is 2.56. The number of hydrogen-bond acceptors (Lipinski definition) is 5. The number of hydrogen-bond donors (Lipinski definition) is 0. The molecular weight excluding hydrogens is 334 g/mol. The average molecular weight is 364 g/mol. The number of thiazole rings is 1. The highest BCUT2D eigenvalue weighted by Gasteiger charge is 2.56. The largest absolute Gasteiger partial charge is 0.378 e. The number of amides is 1. The third-order valence-corrected chi connectivity index (χ3v) is 7.10. The van der Waals surface area contributed by atoms with E-state index in [2.05, 4.69) is 21.8 Å². The van der Waals surface area contributed by atoms with Crippen LogP contribution in [0.4, 0.5) is 0 Å². The summed E-state index contributed by atoms with van der Waals surface area (Å²) in [4.78, 5) is 21.5. The molecule has 0 aromatic carbocycles. The maximum Gasteiger partial charge on any atom is 0.225 e. The molecule has 1 saturated carbocycles. The van der Waals surface area contributed by atoms with Crippen LogP contribution in [0, 0.1) is 5.41 Å². The molecule has 138 valence electrons. The first-order valence-electron chi connectivity index (χ1n) is 9.64. The molecule has 2 aliphatic heterocycles. The lowest BCUT2D eigenvalue weighted by Crippen LogP contribution is -2.42. The van der Waals surface area contributed by atoms with Crippen molar-refractivity contribution in [1.82, 2.24) is 14.8 Å². The molecule has 2 atom stereocenters. The van der Waals surface area contributed by atoms with Gasteiger partial charge in [0.15, 0.2) is 0 Å². The zero-order chi connectivity index (χ0) is 17.3. The number of ether oxygens (including phenoxy) is 1. The molecule has 2 saturated heterocycles. The van der Waals surface area contributed by atoms with Crippen LogP contribution in [-0.2, 0) is 16.1 Å². The Kier molecular flexibility index (Phi) is 5.11. The summed E-state index contributed by atoms with van der Waals surface area (Å²) < 4.78 is 5.73. The van der Waals surface area contributed by atoms with E-state index in [1.54, 1.807) is 11.3 Å². The first-order chi connectivity index (χ1) is 12.2. The topological polar surface area (TPSA) is 45.7 Å². The second-order valence-electron chi connectivity index (χ2n) is 8.00. The van der Waals surface area contributed by atoms with Crippen molar-refractivity contribution in [2.45, 2.75) is 63.6 Å². The van der Waals surface area contributed by atoms with Gasteiger partial charge in [-0.25, -0.2) is 4.98 Å². The van der Waals surface area contributed by atoms with Crippen molar-refractivity contribution in [2.24, 2.45) is 5.41 Å². The van der Waals surface area contributed by atoms with Gasteiger partial charge in [-0.3, -0.25) is 9.69 Å². The Morgan fingerprint density at radius 3 is 2.96 bits per heavy atom. The molecule has 4 rings (SSSR count). The second kappa shape index (κ2) is 7.33. The third kappa shape index (κ3) is 3.91. The van der Waals surface area contributed by atoms with Crippen LogP contribution in [-0.4, -0.2) is 59.6 Å². The molecular formula is C19H29N3O2S. The summed E-state index contributed by atoms with van der Waals surface area (Å²) in [7, 11) is 2.22. The van der Waals surface area contributed by atoms with Gasteiger partial charge >= 0.3 is 0 Å². The summed E-state index contributed by atoms with van der Waals surface area (Å²) in [5, 5.41) is 3.25. The lowest BCUT2D eigenvalue weighted by Gasteiger charge is -2.35. The molecule has 6 heteroatoms. The number of rotatable bonds is 5. The first-order valence-corrected chi connectivity index (χ1v) is 10.5. The molecule has 0 bridgehead atoms. The molecule has 5 nitrogen and oxygen atoms in total. The van der Waals surface area contributed by atoms with Gasteiger partial charge in [0.1, 0.15) is 5.01 Å². The summed E-state index contributed by atoms with van der Waals surface area (Å²) in [5.74, 6) is 0.301. The van der Waals surface area contributed by atoms with E-state index >= 15 is 0 Å². The fraction of sp³-hybridized carbons (Fsp3) is 0.789. The fourth-order valence-electron chi connectivity index (χ4n) is 4.64. The SMILES string of the molecule is CN(Cc1nccs1)[C@@H]1CC12CCN(C(=O)C[C@H]1CCCCO1)CC2. The van der Waals surface area contributed by atoms with Crippen molar-refractivity contribution < 1.29 is 9.53 Å². The van der Waals surface area contributed by atoms with E-state index in [1.165, 1.54) is 17.8 Å². The summed E-state index contributed by atoms with van der Waals surface area (Å²) in [6, 6.07) is 0.662. The van der Waals surface area contributed by atoms with Gasteiger partial charge in [0.25, 0.3) is 0 Å². The third-order valence-electron chi connectivity index (χ3n) is 6.34. The predicted molar refractivity (Wildman–Crippen MR) is 98.4 cm³/mol. The standard InChI is InChI=1S/C19H29N3O2S/c1-21(14-17-20-7-11-25-17)16-13-19(16)5-8-22(9-6-19)18(23)12-15-4-2-3-10-24-15/h7,11,15-16H,2-6,8-10,12-14H2,1H3/t15-,16-/m1/s1. The molecule has 1 aromatic rings. The second-order valence-corrected chi connectivity index (χ2v) is 8.98. The Hall–Kier alpha value is -0.980. The Balaban J connectivity index is 1.24. The van der Waals surface area contributed by atoms with Gasteiger partial charge in [-0.05, 0) is 51.0 Å². The number of nitrogens with zero attached hydrogens (tertiary/aromatic N) is 3. The highest BCUT2D eigenvalue weighted by molar-refractivity contribution is 7.09. The van der Waals surface area contributed by atoms with Crippen molar-refractivity contribution in [3.8, 4) is 0 Å². The lowest BCUT2D eigenvalue weighted by atomic mass is 9.92. The van der Waals surface area contributed by atoms with Crippen LogP contribution in [0.2, 0.25) is 0 Å². The minimum Gasteiger partial charge on any atom is -0.378 e. The summed E-state index contributed by atoms with van der Waals surface area (Å²) in [6.07, 6.45) is 9.61. The summed E-state index contributed by atoms with van der Waals surface area (Å²) in [6.45, 7) is 3.63. The number of likely N-dealkylation sites (tertiary alicyclic amines) is 1. The van der Waals surface area contributed by atoms with E-state index in [-0.39, 0.29) is 6.10 Å². The van der Waals surface area contributed by atoms with Crippen LogP contribution in [0.5, 0.6) is 0 Å². The normalized spacial score (nSPS) is 28.5. The predicted octanol–water partition coefficient (Wildman–Crippen LogP) is 2.92. The van der Waals surface area contributed by atoms with Crippen LogP contribution < -0.4 is 0 Å². The Bertz CT molecular complexity index is 577. The van der Waals surface area contributed by atoms with Crippen LogP contribution in [0.3, 0.4) is 0 Å². The van der Waals surface area contributed by atoms with Gasteiger partial charge in [0.05, 0.1) is 19.1 Å². The summed E-state index contributed by atoms with van der Waals surface area (Å²) >= 11 is 1.73. The highest BCUT2D eigenvalue weighted by atomic mass is 32.1. The van der Waals surface area contributed by atoms with Crippen LogP contribution in [0.15, 0.2) is 11.6 Å². The smallest absolute Gasteiger partial charge is 0.225 e. The van der Waals surface area contributed by atoms with Gasteiger partial charge in [-0.15, -0.1) is 11.3 Å². The van der Waals surface area contributed by atoms with Crippen LogP contribution in [0.1, 0.15) is 50.0 Å². The van der Waals surface area contributed by atoms with Gasteiger partial charge in [-0.2, -0.15) is 0 Å². The van der Waals surface area contributed by atoms with Crippen molar-refractivity contribution >= 4 is 17.2 Å². The van der Waals surface area contributed by atoms with E-state index < -0.39 is 0 Å². The maximum absolute atomic E-state index is 12.6. The zero-order valence-electron chi connectivity index (χ0n) is 15.2. The van der Waals surface area contributed by atoms with E-state index in [1.807, 2.05) is 11.6 Å². The molecule has 1 spiro atoms. The molecule has 1 amide bonds. The van der Waals surface area contributed by atoms with E-state index in [0.29, 0.717) is 23.8 Å². The summed E-state index contributed by atoms with van der Waals surface area (Å²) in [5.41, 5.74) is 0.449. The zero-order valence-corrected chi connectivity index (χ0v) is 16.0. The molecule has 1 aromatic heterocycles. The molecule has 0 radical (unpaired) electrons. The van der Waals surface area contributed by atoms with Crippen molar-refractivity contribution in [1.29, 1.82) is 0 Å². The van der Waals surface area contributed by atoms with Crippen molar-refractivity contribution in [3.05, 3.63) is 16.6 Å². The van der Waals surface area contributed by atoms with E-state index in [0.717, 1.165) is 51.9 Å². The molecule has 0 N–H and O–H groups in total. The van der Waals surface area contributed by atoms with Gasteiger partial charge in [0.2, 0.25) is 5.91 Å². The molecule has 1 aliphatic carbocycles. The quantitative estimate of drug-likeness (QED) is 0.807. The first kappa shape index (κ1) is 17.4. The molecule has 3 heterocycles. The van der Waals surface area contributed by atoms with E-state index in [4.69, 9.17) is 4.74 Å². The van der Waals surface area contributed by atoms with E-state index in [9.17, 15) is 4.79 Å². The van der Waals surface area contributed by atoms with Crippen LogP contribution in [0.25, 0.3) is 0 Å². The number of piperidine rings is 1. The monoisotopic (exact) mass is 363 g/mol. The maximum atomic E-state index is 12.6. The molecule has 0 unspecified atom stereocenters. The number of carbonyl (C=O) groups excluding carboxylic acids is 1.